The van der Waals surface area contributed by atoms with E-state index in [1.165, 1.54) is 18.2 Å². The maximum atomic E-state index is 13.2. The van der Waals surface area contributed by atoms with Crippen LogP contribution in [0.5, 0.6) is 0 Å². The summed E-state index contributed by atoms with van der Waals surface area (Å²) in [6.07, 6.45) is -3.83. The van der Waals surface area contributed by atoms with Gasteiger partial charge in [-0.1, -0.05) is 29.3 Å². The van der Waals surface area contributed by atoms with Gasteiger partial charge < -0.3 is 4.42 Å². The zero-order chi connectivity index (χ0) is 24.8. The number of sulfonamides is 1. The number of aromatic amines is 1. The van der Waals surface area contributed by atoms with E-state index in [1.54, 1.807) is 0 Å². The van der Waals surface area contributed by atoms with E-state index in [-0.39, 0.29) is 21.7 Å². The number of hydrogen-bond donors (Lipinski definition) is 2. The van der Waals surface area contributed by atoms with Gasteiger partial charge in [-0.2, -0.15) is 13.2 Å². The van der Waals surface area contributed by atoms with E-state index in [1.807, 2.05) is 4.72 Å². The Bertz CT molecular complexity index is 1610. The standard InChI is InChI=1S/C20H10Cl2F3N3O5S/c21-9-6-15(28-34(31,32)10-4-5-13(22)12(7-10)20(23,24)25)16(26-8-9)17(29)11-2-1-3-14-18(11)33-19(30)27-14/h1-8,28H,(H,27,30). The van der Waals surface area contributed by atoms with E-state index in [0.717, 1.165) is 24.4 Å². The number of alkyl halides is 3. The first-order chi connectivity index (χ1) is 15.9. The van der Waals surface area contributed by atoms with Gasteiger partial charge in [-0.25, -0.2) is 18.2 Å². The van der Waals surface area contributed by atoms with Crippen molar-refractivity contribution in [1.29, 1.82) is 0 Å². The fraction of sp³-hybridized carbons (Fsp3) is 0.0500. The van der Waals surface area contributed by atoms with Crippen LogP contribution in [0.3, 0.4) is 0 Å². The number of rotatable bonds is 5. The number of H-pyrrole nitrogens is 1. The van der Waals surface area contributed by atoms with E-state index < -0.39 is 54.6 Å². The lowest BCUT2D eigenvalue weighted by molar-refractivity contribution is -0.137. The number of carbonyl (C=O) groups is 1. The van der Waals surface area contributed by atoms with Crippen LogP contribution in [0.1, 0.15) is 21.6 Å². The van der Waals surface area contributed by atoms with Crippen molar-refractivity contribution in [3.8, 4) is 0 Å². The molecule has 0 aliphatic rings. The molecular formula is C20H10Cl2F3N3O5S. The Morgan fingerprint density at radius 1 is 1.12 bits per heavy atom. The number of hydrogen-bond acceptors (Lipinski definition) is 6. The highest BCUT2D eigenvalue weighted by Gasteiger charge is 2.35. The van der Waals surface area contributed by atoms with Crippen molar-refractivity contribution in [3.05, 3.63) is 86.1 Å². The summed E-state index contributed by atoms with van der Waals surface area (Å²) in [4.78, 5) is 30.2. The van der Waals surface area contributed by atoms with Gasteiger partial charge in [-0.05, 0) is 36.4 Å². The quantitative estimate of drug-likeness (QED) is 0.354. The molecule has 4 rings (SSSR count). The van der Waals surface area contributed by atoms with Crippen molar-refractivity contribution in [2.24, 2.45) is 0 Å². The van der Waals surface area contributed by atoms with Gasteiger partial charge in [-0.3, -0.25) is 14.5 Å². The Labute approximate surface area is 198 Å². The molecule has 14 heteroatoms. The fourth-order valence-electron chi connectivity index (χ4n) is 3.07. The lowest BCUT2D eigenvalue weighted by Crippen LogP contribution is -2.18. The van der Waals surface area contributed by atoms with Gasteiger partial charge in [0, 0.05) is 6.20 Å². The third-order valence-corrected chi connectivity index (χ3v) is 6.46. The van der Waals surface area contributed by atoms with Crippen molar-refractivity contribution in [1.82, 2.24) is 9.97 Å². The van der Waals surface area contributed by atoms with Crippen LogP contribution in [-0.4, -0.2) is 24.2 Å². The zero-order valence-corrected chi connectivity index (χ0v) is 18.7. The van der Waals surface area contributed by atoms with Crippen LogP contribution in [0.2, 0.25) is 10.0 Å². The molecule has 176 valence electrons. The number of ketones is 1. The monoisotopic (exact) mass is 531 g/mol. The summed E-state index contributed by atoms with van der Waals surface area (Å²) >= 11 is 11.5. The highest BCUT2D eigenvalue weighted by atomic mass is 35.5. The average Bonchev–Trinajstić information content (AvgIpc) is 3.12. The molecule has 0 radical (unpaired) electrons. The minimum Gasteiger partial charge on any atom is -0.407 e. The summed E-state index contributed by atoms with van der Waals surface area (Å²) in [7, 11) is -4.65. The third-order valence-electron chi connectivity index (χ3n) is 4.56. The molecule has 8 nitrogen and oxygen atoms in total. The molecule has 2 heterocycles. The Hall–Kier alpha value is -3.35. The number of nitrogens with zero attached hydrogens (tertiary/aromatic N) is 1. The Morgan fingerprint density at radius 3 is 2.56 bits per heavy atom. The molecule has 0 amide bonds. The third kappa shape index (κ3) is 4.52. The number of fused-ring (bicyclic) bond motifs is 1. The Kier molecular flexibility index (Phi) is 5.92. The Morgan fingerprint density at radius 2 is 1.85 bits per heavy atom. The average molecular weight is 532 g/mol. The first-order valence-electron chi connectivity index (χ1n) is 9.08. The number of aromatic nitrogens is 2. The molecular weight excluding hydrogens is 522 g/mol. The molecule has 0 unspecified atom stereocenters. The molecule has 0 bridgehead atoms. The molecule has 0 aliphatic heterocycles. The minimum atomic E-state index is -4.90. The topological polar surface area (TPSA) is 122 Å². The number of benzene rings is 2. The van der Waals surface area contributed by atoms with Crippen LogP contribution < -0.4 is 10.5 Å². The molecule has 0 spiro atoms. The number of carbonyl (C=O) groups excluding carboxylic acids is 1. The second kappa shape index (κ2) is 8.46. The fourth-order valence-corrected chi connectivity index (χ4v) is 4.54. The lowest BCUT2D eigenvalue weighted by atomic mass is 10.1. The number of oxazole rings is 1. The maximum Gasteiger partial charge on any atom is 0.417 e. The van der Waals surface area contributed by atoms with Crippen molar-refractivity contribution in [2.45, 2.75) is 11.1 Å². The van der Waals surface area contributed by atoms with Gasteiger partial charge in [0.15, 0.2) is 5.58 Å². The molecule has 2 aromatic carbocycles. The van der Waals surface area contributed by atoms with E-state index in [0.29, 0.717) is 6.07 Å². The second-order valence-corrected chi connectivity index (χ2v) is 9.35. The first kappa shape index (κ1) is 23.8. The van der Waals surface area contributed by atoms with Gasteiger partial charge >= 0.3 is 11.9 Å². The SMILES string of the molecule is O=C(c1ncc(Cl)cc1NS(=O)(=O)c1ccc(Cl)c(C(F)(F)F)c1)c1cccc2[nH]c(=O)oc12. The van der Waals surface area contributed by atoms with Gasteiger partial charge in [-0.15, -0.1) is 0 Å². The summed E-state index contributed by atoms with van der Waals surface area (Å²) < 4.78 is 72.3. The summed E-state index contributed by atoms with van der Waals surface area (Å²) in [5.41, 5.74) is -2.18. The van der Waals surface area contributed by atoms with Crippen molar-refractivity contribution in [3.63, 3.8) is 0 Å². The molecule has 0 saturated heterocycles. The van der Waals surface area contributed by atoms with Crippen molar-refractivity contribution >= 4 is 55.8 Å². The van der Waals surface area contributed by atoms with E-state index in [4.69, 9.17) is 27.6 Å². The summed E-state index contributed by atoms with van der Waals surface area (Å²) in [6, 6.07) is 7.34. The molecule has 0 aliphatic carbocycles. The molecule has 2 N–H and O–H groups in total. The Balaban J connectivity index is 1.79. The molecule has 4 aromatic rings. The molecule has 0 fully saturated rings. The van der Waals surface area contributed by atoms with Gasteiger partial charge in [0.05, 0.1) is 37.3 Å². The van der Waals surface area contributed by atoms with E-state index >= 15 is 0 Å². The zero-order valence-electron chi connectivity index (χ0n) is 16.4. The van der Waals surface area contributed by atoms with E-state index in [2.05, 4.69) is 9.97 Å². The van der Waals surface area contributed by atoms with Crippen LogP contribution in [0, 0.1) is 0 Å². The van der Waals surface area contributed by atoms with Gasteiger partial charge in [0.1, 0.15) is 5.69 Å². The van der Waals surface area contributed by atoms with Crippen LogP contribution in [0.4, 0.5) is 18.9 Å². The second-order valence-electron chi connectivity index (χ2n) is 6.82. The lowest BCUT2D eigenvalue weighted by Gasteiger charge is -2.14. The number of nitrogens with one attached hydrogen (secondary N) is 2. The van der Waals surface area contributed by atoms with Crippen LogP contribution in [-0.2, 0) is 16.2 Å². The normalized spacial score (nSPS) is 12.1. The van der Waals surface area contributed by atoms with Crippen LogP contribution in [0.15, 0.2) is 62.8 Å². The predicted octanol–water partition coefficient (Wildman–Crippen LogP) is 4.87. The van der Waals surface area contributed by atoms with E-state index in [9.17, 15) is 31.2 Å². The number of halogens is 5. The predicted molar refractivity (Wildman–Crippen MR) is 117 cm³/mol. The van der Waals surface area contributed by atoms with Gasteiger partial charge in [0.2, 0.25) is 5.78 Å². The summed E-state index contributed by atoms with van der Waals surface area (Å²) in [6.45, 7) is 0. The van der Waals surface area contributed by atoms with Crippen molar-refractivity contribution in [2.75, 3.05) is 4.72 Å². The van der Waals surface area contributed by atoms with Gasteiger partial charge in [0.25, 0.3) is 10.0 Å². The minimum absolute atomic E-state index is 0.0623. The number of pyridine rings is 1. The van der Waals surface area contributed by atoms with Crippen LogP contribution in [0.25, 0.3) is 11.1 Å². The van der Waals surface area contributed by atoms with Crippen LogP contribution >= 0.6 is 23.2 Å². The number of anilines is 1. The largest absolute Gasteiger partial charge is 0.417 e. The highest BCUT2D eigenvalue weighted by Crippen LogP contribution is 2.36. The summed E-state index contributed by atoms with van der Waals surface area (Å²) in [5, 5.41) is -0.749. The smallest absolute Gasteiger partial charge is 0.407 e. The number of para-hydroxylation sites is 1. The molecule has 34 heavy (non-hydrogen) atoms. The molecule has 0 atom stereocenters. The first-order valence-corrected chi connectivity index (χ1v) is 11.3. The summed E-state index contributed by atoms with van der Waals surface area (Å²) in [5.74, 6) is -1.65. The van der Waals surface area contributed by atoms with Crippen molar-refractivity contribution < 1.29 is 30.8 Å². The molecule has 2 aromatic heterocycles. The highest BCUT2D eigenvalue weighted by molar-refractivity contribution is 7.92. The molecule has 0 saturated carbocycles. The maximum absolute atomic E-state index is 13.2.